The molecule has 2 heterocycles. The van der Waals surface area contributed by atoms with Crippen LogP contribution >= 0.6 is 0 Å². The molecule has 0 bridgehead atoms. The number of halogens is 1. The number of nitro benzene ring substituents is 1. The molecule has 2 aromatic carbocycles. The first kappa shape index (κ1) is 20.9. The van der Waals surface area contributed by atoms with Crippen molar-refractivity contribution in [2.24, 2.45) is 0 Å². The highest BCUT2D eigenvalue weighted by atomic mass is 19.1. The number of aromatic nitrogens is 1. The number of benzene rings is 2. The molecule has 3 aromatic rings. The summed E-state index contributed by atoms with van der Waals surface area (Å²) in [4.78, 5) is 41.6. The van der Waals surface area contributed by atoms with Gasteiger partial charge in [-0.1, -0.05) is 18.2 Å². The van der Waals surface area contributed by atoms with Crippen LogP contribution in [0.4, 0.5) is 10.1 Å². The summed E-state index contributed by atoms with van der Waals surface area (Å²) in [6.45, 7) is -0.00943. The highest BCUT2D eigenvalue weighted by molar-refractivity contribution is 6.46. The number of carbonyl (C=O) groups is 2. The average Bonchev–Trinajstić information content (AvgIpc) is 3.05. The lowest BCUT2D eigenvalue weighted by Crippen LogP contribution is -2.29. The second-order valence-corrected chi connectivity index (χ2v) is 7.10. The van der Waals surface area contributed by atoms with Crippen molar-refractivity contribution in [1.29, 1.82) is 0 Å². The van der Waals surface area contributed by atoms with Crippen LogP contribution in [0.5, 0.6) is 0 Å². The number of nitrogens with zero attached hydrogens (tertiary/aromatic N) is 3. The minimum Gasteiger partial charge on any atom is -0.507 e. The molecule has 0 radical (unpaired) electrons. The van der Waals surface area contributed by atoms with Gasteiger partial charge in [0.25, 0.3) is 17.4 Å². The predicted molar refractivity (Wildman–Crippen MR) is 112 cm³/mol. The smallest absolute Gasteiger partial charge is 0.296 e. The van der Waals surface area contributed by atoms with Crippen LogP contribution in [0.25, 0.3) is 5.76 Å². The Morgan fingerprint density at radius 3 is 2.34 bits per heavy atom. The lowest BCUT2D eigenvalue weighted by molar-refractivity contribution is -0.384. The number of aliphatic hydroxyl groups is 1. The second-order valence-electron chi connectivity index (χ2n) is 7.10. The van der Waals surface area contributed by atoms with Gasteiger partial charge < -0.3 is 10.0 Å². The SMILES string of the molecule is O=C1C(=O)N(Cc2ccccn2)C(c2ccc(F)cc2)/C1=C(/O)c1ccc([N+](=O)[O-])cc1. The zero-order chi connectivity index (χ0) is 22.8. The number of hydrogen-bond donors (Lipinski definition) is 1. The van der Waals surface area contributed by atoms with E-state index in [-0.39, 0.29) is 23.4 Å². The molecule has 0 aliphatic carbocycles. The molecule has 1 unspecified atom stereocenters. The van der Waals surface area contributed by atoms with Gasteiger partial charge in [-0.15, -0.1) is 0 Å². The molecular formula is C23H16FN3O5. The summed E-state index contributed by atoms with van der Waals surface area (Å²) in [7, 11) is 0. The number of likely N-dealkylation sites (tertiary alicyclic amines) is 1. The fourth-order valence-electron chi connectivity index (χ4n) is 3.60. The normalized spacial score (nSPS) is 17.5. The summed E-state index contributed by atoms with van der Waals surface area (Å²) in [5.74, 6) is -2.72. The molecule has 0 saturated carbocycles. The van der Waals surface area contributed by atoms with Gasteiger partial charge in [-0.25, -0.2) is 4.39 Å². The van der Waals surface area contributed by atoms with E-state index in [4.69, 9.17) is 0 Å². The van der Waals surface area contributed by atoms with Gasteiger partial charge in [-0.05, 0) is 42.0 Å². The average molecular weight is 433 g/mol. The molecule has 1 amide bonds. The number of non-ortho nitro benzene ring substituents is 1. The zero-order valence-electron chi connectivity index (χ0n) is 16.5. The van der Waals surface area contributed by atoms with Crippen LogP contribution in [-0.4, -0.2) is 31.6 Å². The molecule has 4 rings (SSSR count). The van der Waals surface area contributed by atoms with Crippen LogP contribution in [0.3, 0.4) is 0 Å². The van der Waals surface area contributed by atoms with Crippen molar-refractivity contribution < 1.29 is 24.0 Å². The Hall–Kier alpha value is -4.40. The first-order valence-electron chi connectivity index (χ1n) is 9.55. The molecule has 1 aliphatic rings. The monoisotopic (exact) mass is 433 g/mol. The molecule has 1 fully saturated rings. The van der Waals surface area contributed by atoms with Gasteiger partial charge in [0.05, 0.1) is 28.8 Å². The molecular weight excluding hydrogens is 417 g/mol. The maximum absolute atomic E-state index is 13.5. The lowest BCUT2D eigenvalue weighted by atomic mass is 9.95. The van der Waals surface area contributed by atoms with Gasteiger partial charge in [0.2, 0.25) is 0 Å². The Morgan fingerprint density at radius 1 is 1.06 bits per heavy atom. The summed E-state index contributed by atoms with van der Waals surface area (Å²) in [5, 5.41) is 21.8. The quantitative estimate of drug-likeness (QED) is 0.216. The van der Waals surface area contributed by atoms with Crippen molar-refractivity contribution >= 4 is 23.1 Å². The largest absolute Gasteiger partial charge is 0.507 e. The van der Waals surface area contributed by atoms with Gasteiger partial charge in [-0.2, -0.15) is 0 Å². The summed E-state index contributed by atoms with van der Waals surface area (Å²) in [6.07, 6.45) is 1.55. The highest BCUT2D eigenvalue weighted by Gasteiger charge is 2.46. The van der Waals surface area contributed by atoms with E-state index < -0.39 is 34.2 Å². The number of carbonyl (C=O) groups excluding carboxylic acids is 2. The fraction of sp³-hybridized carbons (Fsp3) is 0.0870. The van der Waals surface area contributed by atoms with Gasteiger partial charge in [0.1, 0.15) is 11.6 Å². The molecule has 1 saturated heterocycles. The number of ketones is 1. The van der Waals surface area contributed by atoms with E-state index in [1.54, 1.807) is 24.4 Å². The van der Waals surface area contributed by atoms with Crippen LogP contribution in [0.15, 0.2) is 78.5 Å². The third kappa shape index (κ3) is 3.83. The van der Waals surface area contributed by atoms with E-state index in [0.29, 0.717) is 11.3 Å². The van der Waals surface area contributed by atoms with Crippen LogP contribution in [0.2, 0.25) is 0 Å². The van der Waals surface area contributed by atoms with E-state index in [1.165, 1.54) is 53.4 Å². The predicted octanol–water partition coefficient (Wildman–Crippen LogP) is 3.75. The molecule has 8 nitrogen and oxygen atoms in total. The first-order valence-corrected chi connectivity index (χ1v) is 9.55. The molecule has 1 atom stereocenters. The number of Topliss-reactive ketones (excluding diaryl/α,β-unsaturated/α-hetero) is 1. The van der Waals surface area contributed by atoms with Crippen molar-refractivity contribution in [2.45, 2.75) is 12.6 Å². The minimum absolute atomic E-state index is 0.00943. The molecule has 1 N–H and O–H groups in total. The van der Waals surface area contributed by atoms with Crippen molar-refractivity contribution in [3.63, 3.8) is 0 Å². The van der Waals surface area contributed by atoms with E-state index in [2.05, 4.69) is 4.98 Å². The van der Waals surface area contributed by atoms with Crippen LogP contribution in [0.1, 0.15) is 22.9 Å². The van der Waals surface area contributed by atoms with Gasteiger partial charge in [-0.3, -0.25) is 24.7 Å². The van der Waals surface area contributed by atoms with E-state index in [1.807, 2.05) is 0 Å². The Labute approximate surface area is 181 Å². The molecule has 1 aromatic heterocycles. The third-order valence-corrected chi connectivity index (χ3v) is 5.14. The Morgan fingerprint density at radius 2 is 1.75 bits per heavy atom. The van der Waals surface area contributed by atoms with Gasteiger partial charge >= 0.3 is 0 Å². The van der Waals surface area contributed by atoms with Crippen molar-refractivity contribution in [3.05, 3.63) is 111 Å². The summed E-state index contributed by atoms with van der Waals surface area (Å²) in [5.41, 5.74) is 0.707. The zero-order valence-corrected chi connectivity index (χ0v) is 16.5. The Kier molecular flexibility index (Phi) is 5.46. The topological polar surface area (TPSA) is 114 Å². The molecule has 0 spiro atoms. The van der Waals surface area contributed by atoms with E-state index >= 15 is 0 Å². The van der Waals surface area contributed by atoms with Crippen LogP contribution in [0, 0.1) is 15.9 Å². The fourth-order valence-corrected chi connectivity index (χ4v) is 3.60. The van der Waals surface area contributed by atoms with Gasteiger partial charge in [0, 0.05) is 23.9 Å². The number of rotatable bonds is 5. The molecule has 1 aliphatic heterocycles. The van der Waals surface area contributed by atoms with E-state index in [0.717, 1.165) is 0 Å². The number of hydrogen-bond acceptors (Lipinski definition) is 6. The molecule has 32 heavy (non-hydrogen) atoms. The number of pyridine rings is 1. The van der Waals surface area contributed by atoms with Crippen molar-refractivity contribution in [3.8, 4) is 0 Å². The number of nitro groups is 1. The van der Waals surface area contributed by atoms with Gasteiger partial charge in [0.15, 0.2) is 0 Å². The van der Waals surface area contributed by atoms with Crippen LogP contribution < -0.4 is 0 Å². The third-order valence-electron chi connectivity index (χ3n) is 5.14. The summed E-state index contributed by atoms with van der Waals surface area (Å²) < 4.78 is 13.5. The van der Waals surface area contributed by atoms with E-state index in [9.17, 15) is 29.2 Å². The number of amides is 1. The second kappa shape index (κ2) is 8.38. The lowest BCUT2D eigenvalue weighted by Gasteiger charge is -2.25. The minimum atomic E-state index is -0.993. The Bertz CT molecular complexity index is 1220. The molecule has 160 valence electrons. The summed E-state index contributed by atoms with van der Waals surface area (Å²) in [6, 6.07) is 14.4. The Balaban J connectivity index is 1.84. The van der Waals surface area contributed by atoms with Crippen molar-refractivity contribution in [2.75, 3.05) is 0 Å². The molecule has 9 heteroatoms. The number of aliphatic hydroxyl groups excluding tert-OH is 1. The first-order chi connectivity index (χ1) is 15.4. The maximum Gasteiger partial charge on any atom is 0.296 e. The standard InChI is InChI=1S/C23H16FN3O5/c24-16-8-4-14(5-9-16)20-19(21(28)15-6-10-18(11-7-15)27(31)32)22(29)23(30)26(20)13-17-3-1-2-12-25-17/h1-12,20,28H,13H2/b21-19-. The van der Waals surface area contributed by atoms with Crippen molar-refractivity contribution in [1.82, 2.24) is 9.88 Å². The highest BCUT2D eigenvalue weighted by Crippen LogP contribution is 2.40. The van der Waals surface area contributed by atoms with Crippen LogP contribution in [-0.2, 0) is 16.1 Å². The summed E-state index contributed by atoms with van der Waals surface area (Å²) >= 11 is 0. The maximum atomic E-state index is 13.5.